The number of carbonyl (C=O) groups excluding carboxylic acids is 2. The smallest absolute Gasteiger partial charge is 0.238 e. The van der Waals surface area contributed by atoms with Crippen LogP contribution in [-0.4, -0.2) is 32.6 Å². The van der Waals surface area contributed by atoms with Crippen molar-refractivity contribution in [3.05, 3.63) is 77.5 Å². The fraction of sp³-hybridized carbons (Fsp3) is 0.346. The maximum atomic E-state index is 12.9. The minimum absolute atomic E-state index is 0.132. The number of carbonyl (C=O) groups is 2. The van der Waals surface area contributed by atoms with Gasteiger partial charge < -0.3 is 10.6 Å². The van der Waals surface area contributed by atoms with E-state index in [2.05, 4.69) is 31.4 Å². The molecule has 0 aliphatic heterocycles. The normalized spacial score (nSPS) is 12.3. The Morgan fingerprint density at radius 3 is 2.33 bits per heavy atom. The lowest BCUT2D eigenvalue weighted by molar-refractivity contribution is -0.115. The van der Waals surface area contributed by atoms with Crippen molar-refractivity contribution in [3.63, 3.8) is 0 Å². The monoisotopic (exact) mass is 464 g/mol. The van der Waals surface area contributed by atoms with Gasteiger partial charge in [-0.2, -0.15) is 5.10 Å². The number of nitrogens with zero attached hydrogens (tertiary/aromatic N) is 2. The van der Waals surface area contributed by atoms with E-state index in [4.69, 9.17) is 5.10 Å². The predicted molar refractivity (Wildman–Crippen MR) is 137 cm³/mol. The highest BCUT2D eigenvalue weighted by Gasteiger charge is 2.23. The van der Waals surface area contributed by atoms with Crippen LogP contribution in [0.1, 0.15) is 44.5 Å². The van der Waals surface area contributed by atoms with Crippen LogP contribution in [0.3, 0.4) is 0 Å². The summed E-state index contributed by atoms with van der Waals surface area (Å²) >= 11 is 1.30. The van der Waals surface area contributed by atoms with Gasteiger partial charge >= 0.3 is 0 Å². The van der Waals surface area contributed by atoms with Gasteiger partial charge in [0, 0.05) is 17.2 Å². The molecule has 0 aliphatic rings. The molecule has 2 N–H and O–H groups in total. The van der Waals surface area contributed by atoms with Crippen molar-refractivity contribution in [2.45, 2.75) is 51.8 Å². The second-order valence-electron chi connectivity index (χ2n) is 9.16. The molecule has 0 saturated carbocycles. The van der Waals surface area contributed by atoms with E-state index in [-0.39, 0.29) is 23.0 Å². The van der Waals surface area contributed by atoms with E-state index in [9.17, 15) is 9.59 Å². The van der Waals surface area contributed by atoms with Crippen LogP contribution in [0.5, 0.6) is 0 Å². The Morgan fingerprint density at radius 1 is 1.03 bits per heavy atom. The molecule has 6 nitrogen and oxygen atoms in total. The molecule has 1 aromatic heterocycles. The summed E-state index contributed by atoms with van der Waals surface area (Å²) in [6.07, 6.45) is 0. The third-order valence-corrected chi connectivity index (χ3v) is 6.29. The summed E-state index contributed by atoms with van der Waals surface area (Å²) in [5.41, 5.74) is 3.76. The average molecular weight is 465 g/mol. The van der Waals surface area contributed by atoms with Gasteiger partial charge in [0.25, 0.3) is 0 Å². The lowest BCUT2D eigenvalue weighted by atomic mass is 9.92. The molecular weight excluding hydrogens is 432 g/mol. The Labute approximate surface area is 200 Å². The lowest BCUT2D eigenvalue weighted by Gasteiger charge is -2.14. The van der Waals surface area contributed by atoms with E-state index in [1.165, 1.54) is 11.8 Å². The SMILES string of the molecule is Cc1ccc(NC(=O)CSC(C)C(=O)Nc2cc(C(C)(C)C)nn2Cc2ccccc2)cc1. The molecule has 33 heavy (non-hydrogen) atoms. The predicted octanol–water partition coefficient (Wildman–Crippen LogP) is 5.24. The van der Waals surface area contributed by atoms with Crippen LogP contribution in [0.4, 0.5) is 11.5 Å². The standard InChI is InChI=1S/C26H32N4O2S/c1-18-11-13-21(14-12-18)27-24(31)17-33-19(2)25(32)28-23-15-22(26(3,4)5)29-30(23)16-20-9-7-6-8-10-20/h6-15,19H,16-17H2,1-5H3,(H,27,31)(H,28,32). The maximum Gasteiger partial charge on any atom is 0.238 e. The second kappa shape index (κ2) is 10.7. The molecule has 2 aromatic carbocycles. The number of aromatic nitrogens is 2. The number of aryl methyl sites for hydroxylation is 1. The summed E-state index contributed by atoms with van der Waals surface area (Å²) < 4.78 is 1.83. The van der Waals surface area contributed by atoms with Crippen molar-refractivity contribution in [2.24, 2.45) is 0 Å². The largest absolute Gasteiger partial charge is 0.325 e. The number of thioether (sulfide) groups is 1. The van der Waals surface area contributed by atoms with Crippen molar-refractivity contribution >= 4 is 35.1 Å². The molecule has 174 valence electrons. The summed E-state index contributed by atoms with van der Waals surface area (Å²) in [6.45, 7) is 10.7. The molecular formula is C26H32N4O2S. The summed E-state index contributed by atoms with van der Waals surface area (Å²) in [4.78, 5) is 25.2. The van der Waals surface area contributed by atoms with E-state index in [0.717, 1.165) is 22.5 Å². The van der Waals surface area contributed by atoms with Crippen molar-refractivity contribution < 1.29 is 9.59 Å². The van der Waals surface area contributed by atoms with Gasteiger partial charge in [-0.05, 0) is 31.5 Å². The molecule has 0 spiro atoms. The first kappa shape index (κ1) is 24.6. The van der Waals surface area contributed by atoms with E-state index >= 15 is 0 Å². The van der Waals surface area contributed by atoms with Crippen LogP contribution in [0, 0.1) is 6.92 Å². The van der Waals surface area contributed by atoms with Crippen molar-refractivity contribution in [3.8, 4) is 0 Å². The summed E-state index contributed by atoms with van der Waals surface area (Å²) in [5.74, 6) is 0.565. The fourth-order valence-corrected chi connectivity index (χ4v) is 3.78. The second-order valence-corrected chi connectivity index (χ2v) is 10.5. The average Bonchev–Trinajstić information content (AvgIpc) is 3.17. The van der Waals surface area contributed by atoms with Gasteiger partial charge in [0.1, 0.15) is 5.82 Å². The molecule has 0 saturated heterocycles. The van der Waals surface area contributed by atoms with Crippen LogP contribution in [-0.2, 0) is 21.5 Å². The first-order valence-electron chi connectivity index (χ1n) is 11.0. The zero-order chi connectivity index (χ0) is 24.0. The quantitative estimate of drug-likeness (QED) is 0.478. The zero-order valence-electron chi connectivity index (χ0n) is 19.9. The molecule has 0 fully saturated rings. The first-order chi connectivity index (χ1) is 15.6. The minimum atomic E-state index is -0.396. The highest BCUT2D eigenvalue weighted by atomic mass is 32.2. The molecule has 0 aliphatic carbocycles. The summed E-state index contributed by atoms with van der Waals surface area (Å²) in [7, 11) is 0. The Bertz CT molecular complexity index is 1090. The van der Waals surface area contributed by atoms with Crippen LogP contribution < -0.4 is 10.6 Å². The number of amides is 2. The van der Waals surface area contributed by atoms with E-state index < -0.39 is 5.25 Å². The molecule has 0 radical (unpaired) electrons. The van der Waals surface area contributed by atoms with Gasteiger partial charge in [0.2, 0.25) is 11.8 Å². The number of anilines is 2. The van der Waals surface area contributed by atoms with Gasteiger partial charge in [-0.3, -0.25) is 9.59 Å². The van der Waals surface area contributed by atoms with Crippen molar-refractivity contribution in [2.75, 3.05) is 16.4 Å². The van der Waals surface area contributed by atoms with E-state index in [1.54, 1.807) is 0 Å². The molecule has 2 amide bonds. The van der Waals surface area contributed by atoms with Crippen LogP contribution in [0.25, 0.3) is 0 Å². The van der Waals surface area contributed by atoms with E-state index in [0.29, 0.717) is 12.4 Å². The lowest BCUT2D eigenvalue weighted by Crippen LogP contribution is -2.26. The third-order valence-electron chi connectivity index (χ3n) is 5.14. The van der Waals surface area contributed by atoms with Crippen molar-refractivity contribution in [1.29, 1.82) is 0 Å². The van der Waals surface area contributed by atoms with E-state index in [1.807, 2.05) is 79.2 Å². The fourth-order valence-electron chi connectivity index (χ4n) is 3.10. The number of rotatable bonds is 8. The number of hydrogen-bond acceptors (Lipinski definition) is 4. The van der Waals surface area contributed by atoms with Gasteiger partial charge in [-0.15, -0.1) is 11.8 Å². The molecule has 1 atom stereocenters. The number of benzene rings is 2. The van der Waals surface area contributed by atoms with Crippen LogP contribution in [0.2, 0.25) is 0 Å². The van der Waals surface area contributed by atoms with Gasteiger partial charge in [-0.1, -0.05) is 68.8 Å². The molecule has 3 rings (SSSR count). The zero-order valence-corrected chi connectivity index (χ0v) is 20.7. The molecule has 1 unspecified atom stereocenters. The Kier molecular flexibility index (Phi) is 7.97. The van der Waals surface area contributed by atoms with Crippen LogP contribution >= 0.6 is 11.8 Å². The summed E-state index contributed by atoms with van der Waals surface area (Å²) in [6, 6.07) is 19.6. The molecule has 7 heteroatoms. The van der Waals surface area contributed by atoms with Gasteiger partial charge in [0.15, 0.2) is 0 Å². The molecule has 1 heterocycles. The summed E-state index contributed by atoms with van der Waals surface area (Å²) in [5, 5.41) is 10.2. The Hall–Kier alpha value is -3.06. The maximum absolute atomic E-state index is 12.9. The minimum Gasteiger partial charge on any atom is -0.325 e. The Morgan fingerprint density at radius 2 is 1.70 bits per heavy atom. The van der Waals surface area contributed by atoms with Gasteiger partial charge in [0.05, 0.1) is 23.2 Å². The number of hydrogen-bond donors (Lipinski definition) is 2. The third kappa shape index (κ3) is 7.22. The topological polar surface area (TPSA) is 76.0 Å². The first-order valence-corrected chi connectivity index (χ1v) is 12.1. The number of nitrogens with one attached hydrogen (secondary N) is 2. The Balaban J connectivity index is 1.62. The molecule has 3 aromatic rings. The highest BCUT2D eigenvalue weighted by Crippen LogP contribution is 2.25. The highest BCUT2D eigenvalue weighted by molar-refractivity contribution is 8.01. The molecule has 0 bridgehead atoms. The van der Waals surface area contributed by atoms with Crippen molar-refractivity contribution in [1.82, 2.24) is 9.78 Å². The van der Waals surface area contributed by atoms with Crippen LogP contribution in [0.15, 0.2) is 60.7 Å². The van der Waals surface area contributed by atoms with Gasteiger partial charge in [-0.25, -0.2) is 4.68 Å².